The maximum absolute atomic E-state index is 11.5. The number of H-pyrrole nitrogens is 2. The van der Waals surface area contributed by atoms with Gasteiger partial charge in [-0.2, -0.15) is 0 Å². The van der Waals surface area contributed by atoms with Gasteiger partial charge in [0, 0.05) is 57.3 Å². The summed E-state index contributed by atoms with van der Waals surface area (Å²) in [6, 6.07) is 8.42. The lowest BCUT2D eigenvalue weighted by Gasteiger charge is -2.27. The molecule has 1 aliphatic heterocycles. The molecule has 4 rings (SSSR count). The molecule has 3 heterocycles. The third-order valence-corrected chi connectivity index (χ3v) is 4.28. The Labute approximate surface area is 159 Å². The van der Waals surface area contributed by atoms with E-state index in [-0.39, 0.29) is 11.2 Å². The molecule has 3 aromatic rings. The molecule has 0 radical (unpaired) electrons. The first-order valence-corrected chi connectivity index (χ1v) is 8.76. The van der Waals surface area contributed by atoms with Crippen molar-refractivity contribution in [1.82, 2.24) is 25.2 Å². The standard InChI is InChI=1S/C13H15N5O4.C5H5N/c19-12-13(20)16-11-8(7-17-3-1-14-2-4-17)5-9(18(21)22)6-10(11)15-12;1-2-4-6-5-3-1/h5-6,14H,1-4,7H2,(H,15,19)(H,16,20);1-5H. The van der Waals surface area contributed by atoms with Crippen LogP contribution in [0, 0.1) is 10.1 Å². The van der Waals surface area contributed by atoms with Crippen molar-refractivity contribution in [3.8, 4) is 0 Å². The van der Waals surface area contributed by atoms with Gasteiger partial charge >= 0.3 is 11.1 Å². The Morgan fingerprint density at radius 2 is 1.71 bits per heavy atom. The van der Waals surface area contributed by atoms with E-state index in [1.807, 2.05) is 18.2 Å². The quantitative estimate of drug-likeness (QED) is 0.342. The highest BCUT2D eigenvalue weighted by molar-refractivity contribution is 5.80. The number of nitrogens with one attached hydrogen (secondary N) is 3. The molecule has 1 aromatic carbocycles. The normalized spacial score (nSPS) is 14.3. The number of aromatic amines is 2. The van der Waals surface area contributed by atoms with Crippen LogP contribution in [0.1, 0.15) is 5.56 Å². The van der Waals surface area contributed by atoms with Crippen LogP contribution >= 0.6 is 0 Å². The number of piperazine rings is 1. The highest BCUT2D eigenvalue weighted by atomic mass is 16.6. The second-order valence-electron chi connectivity index (χ2n) is 6.24. The monoisotopic (exact) mass is 384 g/mol. The number of hydrogen-bond acceptors (Lipinski definition) is 7. The fourth-order valence-electron chi connectivity index (χ4n) is 2.93. The van der Waals surface area contributed by atoms with Gasteiger partial charge in [0.1, 0.15) is 0 Å². The fraction of sp³-hybridized carbons (Fsp3) is 0.278. The van der Waals surface area contributed by atoms with E-state index >= 15 is 0 Å². The van der Waals surface area contributed by atoms with Gasteiger partial charge in [-0.25, -0.2) is 0 Å². The van der Waals surface area contributed by atoms with E-state index in [0.717, 1.165) is 26.2 Å². The summed E-state index contributed by atoms with van der Waals surface area (Å²) in [6.07, 6.45) is 3.50. The number of nitro benzene ring substituents is 1. The molecule has 0 bridgehead atoms. The molecule has 0 atom stereocenters. The van der Waals surface area contributed by atoms with E-state index in [0.29, 0.717) is 17.6 Å². The second kappa shape index (κ2) is 9.02. The third-order valence-electron chi connectivity index (χ3n) is 4.28. The number of fused-ring (bicyclic) bond motifs is 1. The summed E-state index contributed by atoms with van der Waals surface area (Å²) in [5.74, 6) is 0. The van der Waals surface area contributed by atoms with Crippen LogP contribution in [0.25, 0.3) is 11.0 Å². The molecule has 10 heteroatoms. The molecule has 1 fully saturated rings. The van der Waals surface area contributed by atoms with Crippen LogP contribution in [-0.4, -0.2) is 51.0 Å². The number of aromatic nitrogens is 3. The molecule has 0 aliphatic carbocycles. The Bertz CT molecular complexity index is 1030. The largest absolute Gasteiger partial charge is 0.316 e. The minimum Gasteiger partial charge on any atom is -0.316 e. The van der Waals surface area contributed by atoms with Crippen molar-refractivity contribution in [2.75, 3.05) is 26.2 Å². The SMILES string of the molecule is O=c1[nH]c2cc([N+](=O)[O-])cc(CN3CCNCC3)c2[nH]c1=O.c1ccncc1. The highest BCUT2D eigenvalue weighted by Crippen LogP contribution is 2.22. The van der Waals surface area contributed by atoms with E-state index in [4.69, 9.17) is 0 Å². The highest BCUT2D eigenvalue weighted by Gasteiger charge is 2.17. The average Bonchev–Trinajstić information content (AvgIpc) is 2.71. The summed E-state index contributed by atoms with van der Waals surface area (Å²) in [5.41, 5.74) is -0.360. The van der Waals surface area contributed by atoms with E-state index < -0.39 is 16.0 Å². The van der Waals surface area contributed by atoms with Gasteiger partial charge in [-0.1, -0.05) is 6.07 Å². The van der Waals surface area contributed by atoms with Crippen molar-refractivity contribution in [2.24, 2.45) is 0 Å². The van der Waals surface area contributed by atoms with Crippen LogP contribution in [0.15, 0.2) is 52.3 Å². The maximum atomic E-state index is 11.5. The lowest BCUT2D eigenvalue weighted by molar-refractivity contribution is -0.384. The zero-order valence-corrected chi connectivity index (χ0v) is 15.1. The Morgan fingerprint density at radius 1 is 1.04 bits per heavy atom. The molecule has 0 spiro atoms. The topological polar surface area (TPSA) is 137 Å². The Kier molecular flexibility index (Phi) is 6.25. The molecule has 0 unspecified atom stereocenters. The molecular formula is C18H20N6O4. The van der Waals surface area contributed by atoms with Gasteiger partial charge in [0.2, 0.25) is 0 Å². The number of pyridine rings is 1. The summed E-state index contributed by atoms with van der Waals surface area (Å²) < 4.78 is 0. The molecule has 0 amide bonds. The van der Waals surface area contributed by atoms with Gasteiger partial charge in [-0.3, -0.25) is 29.6 Å². The molecule has 1 aliphatic rings. The Hall–Kier alpha value is -3.37. The zero-order chi connectivity index (χ0) is 19.9. The van der Waals surface area contributed by atoms with Crippen molar-refractivity contribution in [1.29, 1.82) is 0 Å². The van der Waals surface area contributed by atoms with E-state index in [9.17, 15) is 19.7 Å². The smallest absolute Gasteiger partial charge is 0.314 e. The first-order chi connectivity index (χ1) is 13.5. The number of rotatable bonds is 3. The maximum Gasteiger partial charge on any atom is 0.314 e. The van der Waals surface area contributed by atoms with Crippen LogP contribution in [0.4, 0.5) is 5.69 Å². The van der Waals surface area contributed by atoms with Gasteiger partial charge in [-0.15, -0.1) is 0 Å². The molecule has 28 heavy (non-hydrogen) atoms. The number of benzene rings is 1. The van der Waals surface area contributed by atoms with Crippen LogP contribution in [0.2, 0.25) is 0 Å². The molecular weight excluding hydrogens is 364 g/mol. The van der Waals surface area contributed by atoms with Crippen molar-refractivity contribution < 1.29 is 4.92 Å². The van der Waals surface area contributed by atoms with Crippen LogP contribution in [0.3, 0.4) is 0 Å². The van der Waals surface area contributed by atoms with Crippen LogP contribution < -0.4 is 16.4 Å². The second-order valence-corrected chi connectivity index (χ2v) is 6.24. The number of non-ortho nitro benzene ring substituents is 1. The summed E-state index contributed by atoms with van der Waals surface area (Å²) in [6.45, 7) is 3.80. The lowest BCUT2D eigenvalue weighted by atomic mass is 10.1. The molecule has 2 aromatic heterocycles. The third kappa shape index (κ3) is 4.87. The first-order valence-electron chi connectivity index (χ1n) is 8.76. The number of nitrogens with zero attached hydrogens (tertiary/aromatic N) is 3. The van der Waals surface area contributed by atoms with Gasteiger partial charge in [-0.05, 0) is 17.7 Å². The van der Waals surface area contributed by atoms with Gasteiger partial charge in [0.15, 0.2) is 0 Å². The van der Waals surface area contributed by atoms with E-state index in [1.54, 1.807) is 12.4 Å². The number of hydrogen-bond donors (Lipinski definition) is 3. The van der Waals surface area contributed by atoms with Crippen molar-refractivity contribution in [3.63, 3.8) is 0 Å². The van der Waals surface area contributed by atoms with E-state index in [2.05, 4.69) is 25.2 Å². The minimum atomic E-state index is -0.818. The summed E-state index contributed by atoms with van der Waals surface area (Å²) in [5, 5.41) is 14.3. The molecule has 3 N–H and O–H groups in total. The minimum absolute atomic E-state index is 0.111. The Balaban J connectivity index is 0.000000320. The first kappa shape index (κ1) is 19.4. The van der Waals surface area contributed by atoms with Gasteiger partial charge < -0.3 is 15.3 Å². The predicted octanol–water partition coefficient (Wildman–Crippen LogP) is 0.611. The fourth-order valence-corrected chi connectivity index (χ4v) is 2.93. The van der Waals surface area contributed by atoms with Gasteiger partial charge in [0.05, 0.1) is 16.0 Å². The summed E-state index contributed by atoms with van der Waals surface area (Å²) >= 11 is 0. The molecule has 146 valence electrons. The number of nitro groups is 1. The Morgan fingerprint density at radius 3 is 2.29 bits per heavy atom. The van der Waals surface area contributed by atoms with Crippen molar-refractivity contribution >= 4 is 16.7 Å². The molecule has 1 saturated heterocycles. The van der Waals surface area contributed by atoms with Crippen molar-refractivity contribution in [3.05, 3.63) is 79.1 Å². The zero-order valence-electron chi connectivity index (χ0n) is 15.1. The summed E-state index contributed by atoms with van der Waals surface area (Å²) in [7, 11) is 0. The lowest BCUT2D eigenvalue weighted by Crippen LogP contribution is -2.43. The molecule has 10 nitrogen and oxygen atoms in total. The van der Waals surface area contributed by atoms with Crippen LogP contribution in [0.5, 0.6) is 0 Å². The average molecular weight is 384 g/mol. The summed E-state index contributed by atoms with van der Waals surface area (Å²) in [4.78, 5) is 44.4. The molecule has 0 saturated carbocycles. The van der Waals surface area contributed by atoms with Crippen LogP contribution in [-0.2, 0) is 6.54 Å². The predicted molar refractivity (Wildman–Crippen MR) is 104 cm³/mol. The van der Waals surface area contributed by atoms with E-state index in [1.165, 1.54) is 12.1 Å². The van der Waals surface area contributed by atoms with Gasteiger partial charge in [0.25, 0.3) is 5.69 Å². The van der Waals surface area contributed by atoms with Crippen molar-refractivity contribution in [2.45, 2.75) is 6.54 Å².